The van der Waals surface area contributed by atoms with Gasteiger partial charge in [-0.25, -0.2) is 0 Å². The SMILES string of the molecule is CCOC(=O)CNC(C)c1ccc(N(C)C)cc1. The van der Waals surface area contributed by atoms with Crippen molar-refractivity contribution in [1.82, 2.24) is 5.32 Å². The Balaban J connectivity index is 2.51. The van der Waals surface area contributed by atoms with Crippen LogP contribution in [0.4, 0.5) is 5.69 Å². The first-order valence-electron chi connectivity index (χ1n) is 6.21. The number of rotatable bonds is 6. The molecule has 0 amide bonds. The Morgan fingerprint density at radius 1 is 1.33 bits per heavy atom. The van der Waals surface area contributed by atoms with Crippen molar-refractivity contribution in [3.8, 4) is 0 Å². The number of nitrogens with zero attached hydrogens (tertiary/aromatic N) is 1. The molecular formula is C14H22N2O2. The lowest BCUT2D eigenvalue weighted by Gasteiger charge is -2.16. The van der Waals surface area contributed by atoms with E-state index in [0.717, 1.165) is 11.3 Å². The van der Waals surface area contributed by atoms with Gasteiger partial charge < -0.3 is 15.0 Å². The van der Waals surface area contributed by atoms with Gasteiger partial charge in [0.25, 0.3) is 0 Å². The van der Waals surface area contributed by atoms with Gasteiger partial charge in [-0.2, -0.15) is 0 Å². The zero-order valence-electron chi connectivity index (χ0n) is 11.6. The number of anilines is 1. The second-order valence-electron chi connectivity index (χ2n) is 4.39. The maximum Gasteiger partial charge on any atom is 0.319 e. The van der Waals surface area contributed by atoms with Crippen LogP contribution in [0.1, 0.15) is 25.5 Å². The minimum Gasteiger partial charge on any atom is -0.465 e. The van der Waals surface area contributed by atoms with Gasteiger partial charge in [0.2, 0.25) is 0 Å². The summed E-state index contributed by atoms with van der Waals surface area (Å²) in [6.45, 7) is 4.50. The molecule has 1 unspecified atom stereocenters. The van der Waals surface area contributed by atoms with E-state index in [0.29, 0.717) is 6.61 Å². The minimum absolute atomic E-state index is 0.130. The third-order valence-corrected chi connectivity index (χ3v) is 2.77. The Kier molecular flexibility index (Phi) is 5.65. The fourth-order valence-corrected chi connectivity index (χ4v) is 1.63. The van der Waals surface area contributed by atoms with E-state index in [4.69, 9.17) is 4.74 Å². The summed E-state index contributed by atoms with van der Waals surface area (Å²) in [6.07, 6.45) is 0. The average molecular weight is 250 g/mol. The molecule has 100 valence electrons. The lowest BCUT2D eigenvalue weighted by atomic mass is 10.1. The van der Waals surface area contributed by atoms with Crippen LogP contribution in [-0.4, -0.2) is 33.2 Å². The standard InChI is InChI=1S/C14H22N2O2/c1-5-18-14(17)10-15-11(2)12-6-8-13(9-7-12)16(3)4/h6-9,11,15H,5,10H2,1-4H3. The molecule has 1 N–H and O–H groups in total. The van der Waals surface area contributed by atoms with Crippen molar-refractivity contribution < 1.29 is 9.53 Å². The Bertz CT molecular complexity index is 374. The van der Waals surface area contributed by atoms with Gasteiger partial charge in [-0.3, -0.25) is 4.79 Å². The zero-order chi connectivity index (χ0) is 13.5. The van der Waals surface area contributed by atoms with Gasteiger partial charge in [-0.1, -0.05) is 12.1 Å². The first kappa shape index (κ1) is 14.5. The van der Waals surface area contributed by atoms with Crippen molar-refractivity contribution in [1.29, 1.82) is 0 Å². The molecule has 4 heteroatoms. The van der Waals surface area contributed by atoms with Crippen LogP contribution in [0.5, 0.6) is 0 Å². The summed E-state index contributed by atoms with van der Waals surface area (Å²) in [4.78, 5) is 13.3. The average Bonchev–Trinajstić information content (AvgIpc) is 2.36. The van der Waals surface area contributed by atoms with E-state index in [1.54, 1.807) is 6.92 Å². The monoisotopic (exact) mass is 250 g/mol. The van der Waals surface area contributed by atoms with Gasteiger partial charge in [0, 0.05) is 25.8 Å². The molecule has 0 heterocycles. The molecule has 0 aromatic heterocycles. The van der Waals surface area contributed by atoms with E-state index < -0.39 is 0 Å². The highest BCUT2D eigenvalue weighted by atomic mass is 16.5. The van der Waals surface area contributed by atoms with Crippen molar-refractivity contribution in [3.05, 3.63) is 29.8 Å². The molecule has 18 heavy (non-hydrogen) atoms. The molecule has 0 saturated carbocycles. The number of esters is 1. The summed E-state index contributed by atoms with van der Waals surface area (Å²) < 4.78 is 4.87. The number of carbonyl (C=O) groups excluding carboxylic acids is 1. The number of nitrogens with one attached hydrogen (secondary N) is 1. The van der Waals surface area contributed by atoms with Crippen molar-refractivity contribution in [2.24, 2.45) is 0 Å². The summed E-state index contributed by atoms with van der Waals surface area (Å²) in [5.74, 6) is -0.214. The highest BCUT2D eigenvalue weighted by Crippen LogP contribution is 2.17. The molecule has 1 aromatic carbocycles. The molecule has 0 bridgehead atoms. The zero-order valence-corrected chi connectivity index (χ0v) is 11.6. The van der Waals surface area contributed by atoms with E-state index in [2.05, 4.69) is 34.5 Å². The number of benzene rings is 1. The van der Waals surface area contributed by atoms with Crippen LogP contribution in [-0.2, 0) is 9.53 Å². The van der Waals surface area contributed by atoms with Gasteiger partial charge in [0.1, 0.15) is 0 Å². The quantitative estimate of drug-likeness (QED) is 0.784. The molecule has 1 rings (SSSR count). The second kappa shape index (κ2) is 7.01. The lowest BCUT2D eigenvalue weighted by molar-refractivity contribution is -0.142. The first-order valence-corrected chi connectivity index (χ1v) is 6.21. The third-order valence-electron chi connectivity index (χ3n) is 2.77. The summed E-state index contributed by atoms with van der Waals surface area (Å²) in [5.41, 5.74) is 2.32. The maximum absolute atomic E-state index is 11.2. The topological polar surface area (TPSA) is 41.6 Å². The Hall–Kier alpha value is -1.55. The van der Waals surface area contributed by atoms with Crippen LogP contribution in [0.2, 0.25) is 0 Å². The lowest BCUT2D eigenvalue weighted by Crippen LogP contribution is -2.27. The number of hydrogen-bond donors (Lipinski definition) is 1. The highest BCUT2D eigenvalue weighted by molar-refractivity contribution is 5.71. The van der Waals surface area contributed by atoms with Gasteiger partial charge in [-0.05, 0) is 31.5 Å². The van der Waals surface area contributed by atoms with Crippen molar-refractivity contribution >= 4 is 11.7 Å². The van der Waals surface area contributed by atoms with Crippen LogP contribution in [0.15, 0.2) is 24.3 Å². The number of carbonyl (C=O) groups is 1. The van der Waals surface area contributed by atoms with Crippen LogP contribution < -0.4 is 10.2 Å². The normalized spacial score (nSPS) is 12.0. The highest BCUT2D eigenvalue weighted by Gasteiger charge is 2.08. The molecule has 4 nitrogen and oxygen atoms in total. The van der Waals surface area contributed by atoms with Crippen LogP contribution in [0.3, 0.4) is 0 Å². The molecule has 0 fully saturated rings. The predicted octanol–water partition coefficient (Wildman–Crippen LogP) is 1.97. The predicted molar refractivity (Wildman–Crippen MR) is 73.8 cm³/mol. The van der Waals surface area contributed by atoms with E-state index >= 15 is 0 Å². The molecule has 0 saturated heterocycles. The number of ether oxygens (including phenoxy) is 1. The van der Waals surface area contributed by atoms with E-state index in [1.165, 1.54) is 0 Å². The van der Waals surface area contributed by atoms with Crippen LogP contribution in [0, 0.1) is 0 Å². The minimum atomic E-state index is -0.214. The van der Waals surface area contributed by atoms with Gasteiger partial charge in [0.05, 0.1) is 13.2 Å². The Labute approximate surface area is 109 Å². The van der Waals surface area contributed by atoms with Crippen molar-refractivity contribution in [2.45, 2.75) is 19.9 Å². The fourth-order valence-electron chi connectivity index (χ4n) is 1.63. The van der Waals surface area contributed by atoms with Crippen molar-refractivity contribution in [2.75, 3.05) is 32.1 Å². The van der Waals surface area contributed by atoms with Gasteiger partial charge in [-0.15, -0.1) is 0 Å². The van der Waals surface area contributed by atoms with Gasteiger partial charge >= 0.3 is 5.97 Å². The maximum atomic E-state index is 11.2. The Morgan fingerprint density at radius 3 is 2.44 bits per heavy atom. The second-order valence-corrected chi connectivity index (χ2v) is 4.39. The van der Waals surface area contributed by atoms with Crippen LogP contribution in [0.25, 0.3) is 0 Å². The third kappa shape index (κ3) is 4.37. The first-order chi connectivity index (χ1) is 8.54. The Morgan fingerprint density at radius 2 is 1.94 bits per heavy atom. The molecule has 1 aromatic rings. The van der Waals surface area contributed by atoms with E-state index in [9.17, 15) is 4.79 Å². The summed E-state index contributed by atoms with van der Waals surface area (Å²) in [5, 5.41) is 3.14. The molecule has 0 aliphatic heterocycles. The smallest absolute Gasteiger partial charge is 0.319 e. The fraction of sp³-hybridized carbons (Fsp3) is 0.500. The van der Waals surface area contributed by atoms with E-state index in [1.807, 2.05) is 21.0 Å². The molecule has 0 spiro atoms. The largest absolute Gasteiger partial charge is 0.465 e. The summed E-state index contributed by atoms with van der Waals surface area (Å²) in [6, 6.07) is 8.40. The molecule has 1 atom stereocenters. The molecule has 0 aliphatic carbocycles. The molecule has 0 aliphatic rings. The van der Waals surface area contributed by atoms with Crippen molar-refractivity contribution in [3.63, 3.8) is 0 Å². The molecular weight excluding hydrogens is 228 g/mol. The van der Waals surface area contributed by atoms with Gasteiger partial charge in [0.15, 0.2) is 0 Å². The summed E-state index contributed by atoms with van der Waals surface area (Å²) >= 11 is 0. The number of hydrogen-bond acceptors (Lipinski definition) is 4. The van der Waals surface area contributed by atoms with Crippen LogP contribution >= 0.6 is 0 Å². The van der Waals surface area contributed by atoms with E-state index in [-0.39, 0.29) is 18.6 Å². The summed E-state index contributed by atoms with van der Waals surface area (Å²) in [7, 11) is 4.02. The molecule has 0 radical (unpaired) electrons.